The molecule has 2 aromatic carbocycles. The van der Waals surface area contributed by atoms with E-state index in [0.717, 1.165) is 61.6 Å². The normalized spacial score (nSPS) is 11.6. The van der Waals surface area contributed by atoms with Crippen LogP contribution in [-0.4, -0.2) is 40.9 Å². The van der Waals surface area contributed by atoms with Crippen molar-refractivity contribution >= 4 is 79.0 Å². The van der Waals surface area contributed by atoms with Gasteiger partial charge in [0.1, 0.15) is 4.83 Å². The van der Waals surface area contributed by atoms with Gasteiger partial charge in [0.05, 0.1) is 28.3 Å². The Kier molecular flexibility index (Phi) is 10.0. The van der Waals surface area contributed by atoms with E-state index < -0.39 is 0 Å². The Bertz CT molecular complexity index is 2190. The average molecular weight is 708 g/mol. The summed E-state index contributed by atoms with van der Waals surface area (Å²) in [5.74, 6) is 0. The molecule has 0 spiro atoms. The van der Waals surface area contributed by atoms with E-state index in [9.17, 15) is 0 Å². The maximum absolute atomic E-state index is 4.63. The van der Waals surface area contributed by atoms with Crippen LogP contribution in [0.25, 0.3) is 67.8 Å². The monoisotopic (exact) mass is 707 g/mol. The minimum Gasteiger partial charge on any atom is -0.355 e. The average Bonchev–Trinajstić information content (AvgIpc) is 3.93. The fourth-order valence-electron chi connectivity index (χ4n) is 5.73. The number of benzene rings is 2. The molecule has 1 aliphatic carbocycles. The van der Waals surface area contributed by atoms with E-state index in [4.69, 9.17) is 0 Å². The molecule has 3 aliphatic rings. The van der Waals surface area contributed by atoms with Gasteiger partial charge in [0.25, 0.3) is 0 Å². The van der Waals surface area contributed by atoms with Crippen molar-refractivity contribution in [3.05, 3.63) is 155 Å². The van der Waals surface area contributed by atoms with Crippen LogP contribution in [0.1, 0.15) is 33.9 Å². The molecule has 7 heterocycles. The van der Waals surface area contributed by atoms with Gasteiger partial charge in [0.2, 0.25) is 0 Å². The van der Waals surface area contributed by atoms with E-state index in [0.29, 0.717) is 0 Å². The fourth-order valence-corrected chi connectivity index (χ4v) is 6.42. The van der Waals surface area contributed by atoms with Crippen molar-refractivity contribution in [3.63, 3.8) is 0 Å². The minimum absolute atomic E-state index is 0. The van der Waals surface area contributed by atoms with Gasteiger partial charge in [0, 0.05) is 51.5 Å². The Morgan fingerprint density at radius 1 is 0.521 bits per heavy atom. The van der Waals surface area contributed by atoms with E-state index in [1.54, 1.807) is 23.7 Å². The fraction of sp³-hybridized carbons (Fsp3) is 0.0256. The number of aromatic nitrogens is 6. The molecule has 7 aromatic rings. The largest absolute Gasteiger partial charge is 0.355 e. The van der Waals surface area contributed by atoms with Gasteiger partial charge < -0.3 is 9.97 Å². The summed E-state index contributed by atoms with van der Waals surface area (Å²) >= 11 is 1.61. The van der Waals surface area contributed by atoms with Gasteiger partial charge in [-0.05, 0) is 124 Å². The summed E-state index contributed by atoms with van der Waals surface area (Å²) in [6.45, 7) is 0. The number of thiophene rings is 1. The Hall–Kier alpha value is -5.18. The molecule has 239 valence electrons. The smallest absolute Gasteiger partial charge is 0.141 e. The number of aromatic amines is 2. The summed E-state index contributed by atoms with van der Waals surface area (Å²) in [5, 5.41) is 1.99. The second-order valence-corrected chi connectivity index (χ2v) is 12.0. The van der Waals surface area contributed by atoms with Crippen LogP contribution >= 0.6 is 11.3 Å². The van der Waals surface area contributed by atoms with Crippen LogP contribution in [0.5, 0.6) is 0 Å². The molecule has 9 heteroatoms. The topological polar surface area (TPSA) is 83.1 Å². The first-order chi connectivity index (χ1) is 22.7. The third-order valence-corrected chi connectivity index (χ3v) is 8.65. The number of rotatable bonds is 0. The molecule has 0 saturated heterocycles. The predicted octanol–water partition coefficient (Wildman–Crippen LogP) is 8.15. The molecule has 0 fully saturated rings. The quantitative estimate of drug-likeness (QED) is 0.156. The SMILES string of the molecule is C1=Cc2cc3ccc(cc4nc(cc5ccc(cc1n2)[nH]5)C=C4)[nH]3.[Cu].[SiH4].c1ccc2c(c1)Cc1ccccc1-2.c1cnc2sccc2n1. The number of nitrogens with zero attached hydrogens (tertiary/aromatic N) is 4. The van der Waals surface area contributed by atoms with Gasteiger partial charge in [-0.3, -0.25) is 4.98 Å². The van der Waals surface area contributed by atoms with Crippen LogP contribution in [0.4, 0.5) is 0 Å². The summed E-state index contributed by atoms with van der Waals surface area (Å²) in [5.41, 5.74) is 14.6. The summed E-state index contributed by atoms with van der Waals surface area (Å²) in [6.07, 6.45) is 12.6. The van der Waals surface area contributed by atoms with Crippen LogP contribution in [0.2, 0.25) is 0 Å². The van der Waals surface area contributed by atoms with E-state index >= 15 is 0 Å². The zero-order valence-electron chi connectivity index (χ0n) is 25.1. The van der Waals surface area contributed by atoms with Crippen LogP contribution in [0.3, 0.4) is 0 Å². The van der Waals surface area contributed by atoms with Gasteiger partial charge in [-0.2, -0.15) is 0 Å². The number of hydrogen-bond donors (Lipinski definition) is 2. The summed E-state index contributed by atoms with van der Waals surface area (Å²) < 4.78 is 0. The number of H-pyrrole nitrogens is 2. The molecular weight excluding hydrogens is 676 g/mol. The Labute approximate surface area is 296 Å². The van der Waals surface area contributed by atoms with Crippen LogP contribution in [-0.2, 0) is 23.5 Å². The van der Waals surface area contributed by atoms with Crippen molar-refractivity contribution in [2.45, 2.75) is 6.42 Å². The molecule has 0 unspecified atom stereocenters. The van der Waals surface area contributed by atoms with Gasteiger partial charge in [-0.25, -0.2) is 15.0 Å². The van der Waals surface area contributed by atoms with Gasteiger partial charge in [0.15, 0.2) is 0 Å². The molecule has 48 heavy (non-hydrogen) atoms. The first-order valence-corrected chi connectivity index (χ1v) is 15.9. The van der Waals surface area contributed by atoms with Crippen molar-refractivity contribution in [1.82, 2.24) is 29.9 Å². The molecular formula is C39H32CuN6SSi. The molecule has 6 nitrogen and oxygen atoms in total. The van der Waals surface area contributed by atoms with E-state index in [1.807, 2.05) is 60.0 Å². The number of hydrogen-bond acceptors (Lipinski definition) is 5. The molecule has 0 atom stereocenters. The molecule has 10 rings (SSSR count). The van der Waals surface area contributed by atoms with Crippen molar-refractivity contribution in [2.24, 2.45) is 0 Å². The Morgan fingerprint density at radius 3 is 1.42 bits per heavy atom. The van der Waals surface area contributed by atoms with Crippen molar-refractivity contribution < 1.29 is 17.1 Å². The summed E-state index contributed by atoms with van der Waals surface area (Å²) in [7, 11) is 0. The minimum atomic E-state index is 0. The van der Waals surface area contributed by atoms with Gasteiger partial charge in [-0.15, -0.1) is 11.3 Å². The first-order valence-electron chi connectivity index (χ1n) is 15.1. The molecule has 8 bridgehead atoms. The van der Waals surface area contributed by atoms with Crippen LogP contribution in [0, 0.1) is 0 Å². The van der Waals surface area contributed by atoms with E-state index in [1.165, 1.54) is 22.3 Å². The molecule has 2 N–H and O–H groups in total. The zero-order valence-corrected chi connectivity index (χ0v) is 26.8. The molecule has 5 aromatic heterocycles. The third-order valence-electron chi connectivity index (χ3n) is 7.84. The molecule has 1 radical (unpaired) electrons. The van der Waals surface area contributed by atoms with E-state index in [-0.39, 0.29) is 28.0 Å². The molecule has 0 saturated carbocycles. The van der Waals surface area contributed by atoms with Gasteiger partial charge >= 0.3 is 0 Å². The second-order valence-electron chi connectivity index (χ2n) is 11.1. The predicted molar refractivity (Wildman–Crippen MR) is 202 cm³/mol. The first kappa shape index (κ1) is 32.7. The van der Waals surface area contributed by atoms with Crippen LogP contribution < -0.4 is 0 Å². The maximum atomic E-state index is 4.63. The maximum Gasteiger partial charge on any atom is 0.141 e. The summed E-state index contributed by atoms with van der Waals surface area (Å²) in [4.78, 5) is 25.2. The number of nitrogens with one attached hydrogen (secondary N) is 2. The van der Waals surface area contributed by atoms with Crippen molar-refractivity contribution in [3.8, 4) is 11.1 Å². The van der Waals surface area contributed by atoms with Crippen molar-refractivity contribution in [2.75, 3.05) is 0 Å². The Morgan fingerprint density at radius 2 is 0.958 bits per heavy atom. The van der Waals surface area contributed by atoms with Gasteiger partial charge in [-0.1, -0.05) is 48.5 Å². The third kappa shape index (κ3) is 7.35. The van der Waals surface area contributed by atoms with Crippen molar-refractivity contribution in [1.29, 1.82) is 0 Å². The second kappa shape index (κ2) is 14.7. The zero-order chi connectivity index (χ0) is 30.7. The standard InChI is InChI=1S/C20H14N4.C13H10.C6H4N2S.Cu.H4Si/c1-2-14-10-16-5-6-18(23-16)12-20-8-7-19(24-20)11-17-4-3-15(22-17)9-13(1)21-14;1-3-7-12-10(5-1)9-11-6-2-4-8-13(11)12;1-4-9-6-5(1)7-2-3-8-6;;/h1-12,21,24H;1-8H,9H2;1-4H;;1H4. The van der Waals surface area contributed by atoms with Crippen LogP contribution in [0.15, 0.2) is 121 Å². The summed E-state index contributed by atoms with van der Waals surface area (Å²) in [6, 6.07) is 35.6. The molecule has 0 amide bonds. The molecule has 2 aliphatic heterocycles. The number of fused-ring (bicyclic) bond motifs is 12. The Balaban J connectivity index is 0.000000140. The van der Waals surface area contributed by atoms with E-state index in [2.05, 4.69) is 103 Å².